The fourth-order valence-electron chi connectivity index (χ4n) is 3.65. The Bertz CT molecular complexity index is 1230. The third-order valence-electron chi connectivity index (χ3n) is 5.27. The molecule has 0 saturated heterocycles. The first kappa shape index (κ1) is 20.8. The summed E-state index contributed by atoms with van der Waals surface area (Å²) in [5.41, 5.74) is 2.76. The van der Waals surface area contributed by atoms with Crippen molar-refractivity contribution in [1.29, 1.82) is 0 Å². The first-order valence-corrected chi connectivity index (χ1v) is 10.9. The molecule has 0 N–H and O–H groups in total. The van der Waals surface area contributed by atoms with Gasteiger partial charge in [0.15, 0.2) is 11.5 Å². The minimum atomic E-state index is -0.186. The number of carbonyl (C=O) groups excluding carboxylic acids is 1. The van der Waals surface area contributed by atoms with Gasteiger partial charge in [-0.2, -0.15) is 0 Å². The van der Waals surface area contributed by atoms with Crippen LogP contribution in [0.4, 0.5) is 5.69 Å². The zero-order valence-electron chi connectivity index (χ0n) is 18.5. The van der Waals surface area contributed by atoms with E-state index in [0.717, 1.165) is 22.6 Å². The van der Waals surface area contributed by atoms with Crippen LogP contribution in [0.3, 0.4) is 0 Å². The van der Waals surface area contributed by atoms with Crippen LogP contribution in [0.2, 0.25) is 0 Å². The van der Waals surface area contributed by atoms with Gasteiger partial charge in [-0.1, -0.05) is 38.1 Å². The molecule has 5 rings (SSSR count). The fraction of sp³-hybridized carbons (Fsp3) is 0.185. The van der Waals surface area contributed by atoms with Crippen molar-refractivity contribution < 1.29 is 19.0 Å². The Morgan fingerprint density at radius 3 is 2.52 bits per heavy atom. The summed E-state index contributed by atoms with van der Waals surface area (Å²) in [4.78, 5) is 19.8. The lowest BCUT2D eigenvalue weighted by molar-refractivity contribution is -0.113. The predicted octanol–water partition coefficient (Wildman–Crippen LogP) is 5.28. The van der Waals surface area contributed by atoms with Gasteiger partial charge in [0.2, 0.25) is 6.79 Å². The highest BCUT2D eigenvalue weighted by Crippen LogP contribution is 2.34. The summed E-state index contributed by atoms with van der Waals surface area (Å²) in [5.74, 6) is 2.99. The zero-order chi connectivity index (χ0) is 22.8. The zero-order valence-corrected chi connectivity index (χ0v) is 18.5. The summed E-state index contributed by atoms with van der Waals surface area (Å²) in [6, 6.07) is 22.8. The van der Waals surface area contributed by atoms with Gasteiger partial charge in [0.1, 0.15) is 17.3 Å². The van der Waals surface area contributed by atoms with Crippen LogP contribution in [0.5, 0.6) is 17.2 Å². The van der Waals surface area contributed by atoms with Crippen molar-refractivity contribution in [2.45, 2.75) is 13.8 Å². The second kappa shape index (κ2) is 8.82. The Hall–Kier alpha value is -4.06. The van der Waals surface area contributed by atoms with Crippen LogP contribution in [0.1, 0.15) is 25.0 Å². The fourth-order valence-corrected chi connectivity index (χ4v) is 3.65. The lowest BCUT2D eigenvalue weighted by Gasteiger charge is -2.18. The third-order valence-corrected chi connectivity index (χ3v) is 5.27. The number of hydrogen-bond donors (Lipinski definition) is 0. The molecular weight excluding hydrogens is 416 g/mol. The molecule has 1 amide bonds. The number of rotatable bonds is 6. The highest BCUT2D eigenvalue weighted by atomic mass is 16.7. The first-order chi connectivity index (χ1) is 16.1. The van der Waals surface area contributed by atoms with Crippen molar-refractivity contribution in [3.8, 4) is 17.2 Å². The lowest BCUT2D eigenvalue weighted by Crippen LogP contribution is -2.32. The minimum absolute atomic E-state index is 0.186. The Labute approximate surface area is 192 Å². The Kier molecular flexibility index (Phi) is 5.57. The molecule has 0 radical (unpaired) electrons. The lowest BCUT2D eigenvalue weighted by atomic mass is 10.1. The predicted molar refractivity (Wildman–Crippen MR) is 128 cm³/mol. The van der Waals surface area contributed by atoms with Crippen molar-refractivity contribution in [2.75, 3.05) is 18.3 Å². The van der Waals surface area contributed by atoms with Gasteiger partial charge in [-0.25, -0.2) is 4.99 Å². The van der Waals surface area contributed by atoms with Crippen LogP contribution in [0.25, 0.3) is 6.08 Å². The van der Waals surface area contributed by atoms with Crippen LogP contribution >= 0.6 is 0 Å². The molecule has 3 aromatic rings. The summed E-state index contributed by atoms with van der Waals surface area (Å²) >= 11 is 0. The molecule has 33 heavy (non-hydrogen) atoms. The maximum Gasteiger partial charge on any atom is 0.282 e. The number of fused-ring (bicyclic) bond motifs is 1. The molecule has 3 aromatic carbocycles. The maximum absolute atomic E-state index is 13.4. The summed E-state index contributed by atoms with van der Waals surface area (Å²) in [5, 5.41) is 0. The second-order valence-corrected chi connectivity index (χ2v) is 8.28. The molecular formula is C27H24N2O4. The minimum Gasteiger partial charge on any atom is -0.493 e. The van der Waals surface area contributed by atoms with Crippen molar-refractivity contribution in [3.63, 3.8) is 0 Å². The highest BCUT2D eigenvalue weighted by Gasteiger charge is 2.32. The van der Waals surface area contributed by atoms with E-state index in [4.69, 9.17) is 19.2 Å². The van der Waals surface area contributed by atoms with E-state index < -0.39 is 0 Å². The molecule has 6 nitrogen and oxygen atoms in total. The molecule has 0 saturated carbocycles. The largest absolute Gasteiger partial charge is 0.493 e. The van der Waals surface area contributed by atoms with Gasteiger partial charge in [-0.05, 0) is 66.1 Å². The Balaban J connectivity index is 1.50. The van der Waals surface area contributed by atoms with Gasteiger partial charge < -0.3 is 14.2 Å². The number of hydrogen-bond acceptors (Lipinski definition) is 5. The number of carbonyl (C=O) groups is 1. The molecule has 0 aliphatic carbocycles. The number of aliphatic imine (C=N–C) groups is 1. The molecule has 2 aliphatic rings. The van der Waals surface area contributed by atoms with E-state index >= 15 is 0 Å². The van der Waals surface area contributed by atoms with E-state index in [1.165, 1.54) is 0 Å². The van der Waals surface area contributed by atoms with E-state index in [-0.39, 0.29) is 12.7 Å². The molecule has 2 heterocycles. The maximum atomic E-state index is 13.4. The van der Waals surface area contributed by atoms with E-state index in [1.807, 2.05) is 72.8 Å². The monoisotopic (exact) mass is 440 g/mol. The summed E-state index contributed by atoms with van der Waals surface area (Å²) in [6.07, 6.45) is 1.77. The molecule has 0 fully saturated rings. The van der Waals surface area contributed by atoms with Crippen LogP contribution in [-0.4, -0.2) is 25.1 Å². The van der Waals surface area contributed by atoms with Gasteiger partial charge in [0.25, 0.3) is 5.91 Å². The van der Waals surface area contributed by atoms with Gasteiger partial charge in [-0.3, -0.25) is 9.69 Å². The van der Waals surface area contributed by atoms with E-state index in [0.29, 0.717) is 35.6 Å². The van der Waals surface area contributed by atoms with Crippen molar-refractivity contribution in [1.82, 2.24) is 0 Å². The van der Waals surface area contributed by atoms with Gasteiger partial charge in [0.05, 0.1) is 12.3 Å². The smallest absolute Gasteiger partial charge is 0.282 e. The van der Waals surface area contributed by atoms with Gasteiger partial charge in [-0.15, -0.1) is 0 Å². The quantitative estimate of drug-likeness (QED) is 0.489. The van der Waals surface area contributed by atoms with Crippen molar-refractivity contribution in [2.24, 2.45) is 10.9 Å². The number of benzene rings is 3. The molecule has 6 heteroatoms. The third kappa shape index (κ3) is 4.32. The Morgan fingerprint density at radius 2 is 1.76 bits per heavy atom. The molecule has 0 spiro atoms. The van der Waals surface area contributed by atoms with Crippen LogP contribution in [0, 0.1) is 5.92 Å². The molecule has 0 bridgehead atoms. The molecule has 2 aliphatic heterocycles. The average molecular weight is 440 g/mol. The van der Waals surface area contributed by atoms with Crippen LogP contribution in [0.15, 0.2) is 83.5 Å². The molecule has 0 aromatic heterocycles. The van der Waals surface area contributed by atoms with E-state index in [2.05, 4.69) is 13.8 Å². The van der Waals surface area contributed by atoms with Crippen molar-refractivity contribution >= 4 is 23.5 Å². The van der Waals surface area contributed by atoms with Crippen LogP contribution < -0.4 is 19.1 Å². The number of ether oxygens (including phenoxy) is 3. The number of para-hydroxylation sites is 1. The summed E-state index contributed by atoms with van der Waals surface area (Å²) in [6.45, 7) is 5.07. The first-order valence-electron chi connectivity index (χ1n) is 10.9. The number of anilines is 1. The molecule has 0 atom stereocenters. The summed E-state index contributed by atoms with van der Waals surface area (Å²) < 4.78 is 16.6. The SMILES string of the molecule is CC(C)COc1ccc(C2=N/C(=C\c3ccc4c(c3)OCO4)C(=O)N2c2ccccc2)cc1. The van der Waals surface area contributed by atoms with Gasteiger partial charge in [0, 0.05) is 5.56 Å². The number of nitrogens with zero attached hydrogens (tertiary/aromatic N) is 2. The molecule has 0 unspecified atom stereocenters. The normalized spacial score (nSPS) is 16.0. The van der Waals surface area contributed by atoms with Gasteiger partial charge >= 0.3 is 0 Å². The van der Waals surface area contributed by atoms with E-state index in [9.17, 15) is 4.79 Å². The number of amidine groups is 1. The summed E-state index contributed by atoms with van der Waals surface area (Å²) in [7, 11) is 0. The standard InChI is InChI=1S/C27H24N2O4/c1-18(2)16-31-22-11-9-20(10-12-22)26-28-23(27(30)29(26)21-6-4-3-5-7-21)14-19-8-13-24-25(15-19)33-17-32-24/h3-15,18H,16-17H2,1-2H3/b23-14-. The van der Waals surface area contributed by atoms with Crippen LogP contribution in [-0.2, 0) is 4.79 Å². The topological polar surface area (TPSA) is 60.4 Å². The second-order valence-electron chi connectivity index (χ2n) is 8.28. The van der Waals surface area contributed by atoms with Crippen molar-refractivity contribution in [3.05, 3.63) is 89.6 Å². The number of amides is 1. The van der Waals surface area contributed by atoms with E-state index in [1.54, 1.807) is 11.0 Å². The average Bonchev–Trinajstić information content (AvgIpc) is 3.43. The highest BCUT2D eigenvalue weighted by molar-refractivity contribution is 6.33. The molecule has 166 valence electrons. The Morgan fingerprint density at radius 1 is 1.00 bits per heavy atom.